The third-order valence-corrected chi connectivity index (χ3v) is 7.23. The molecule has 0 aliphatic rings. The van der Waals surface area contributed by atoms with Crippen LogP contribution in [0.15, 0.2) is 65.7 Å². The SMILES string of the molecule is C=CCn1c(SCc2csc(N(C(C)=O)c3cccc(C)c3C)n2)nnc1-c1ccccc1F. The lowest BCUT2D eigenvalue weighted by Crippen LogP contribution is -2.23. The normalized spacial score (nSPS) is 10.9. The van der Waals surface area contributed by atoms with Crippen LogP contribution in [-0.4, -0.2) is 25.7 Å². The molecule has 0 unspecified atom stereocenters. The molecule has 0 aliphatic carbocycles. The molecular formula is C25H24FN5OS2. The van der Waals surface area contributed by atoms with E-state index in [9.17, 15) is 9.18 Å². The number of carbonyl (C=O) groups is 1. The van der Waals surface area contributed by atoms with E-state index in [4.69, 9.17) is 4.98 Å². The minimum atomic E-state index is -0.350. The van der Waals surface area contributed by atoms with E-state index in [1.165, 1.54) is 29.2 Å². The number of carbonyl (C=O) groups excluding carboxylic acids is 1. The summed E-state index contributed by atoms with van der Waals surface area (Å²) in [7, 11) is 0. The summed E-state index contributed by atoms with van der Waals surface area (Å²) in [4.78, 5) is 18.9. The van der Waals surface area contributed by atoms with Gasteiger partial charge in [0, 0.05) is 24.6 Å². The summed E-state index contributed by atoms with van der Waals surface area (Å²) in [6.07, 6.45) is 1.73. The number of benzene rings is 2. The van der Waals surface area contributed by atoms with Gasteiger partial charge in [0.05, 0.1) is 16.9 Å². The largest absolute Gasteiger partial charge is 0.298 e. The van der Waals surface area contributed by atoms with Gasteiger partial charge in [0.25, 0.3) is 0 Å². The number of nitrogens with zero attached hydrogens (tertiary/aromatic N) is 5. The molecule has 0 radical (unpaired) electrons. The molecule has 1 amide bonds. The molecule has 0 bridgehead atoms. The van der Waals surface area contributed by atoms with Crippen LogP contribution in [0.2, 0.25) is 0 Å². The van der Waals surface area contributed by atoms with Crippen LogP contribution in [0.5, 0.6) is 0 Å². The standard InChI is InChI=1S/C25H24FN5OS2/c1-5-13-30-23(20-10-6-7-11-21(20)26)28-29-25(30)34-15-19-14-33-24(27-19)31(18(4)32)22-12-8-9-16(2)17(22)3/h5-12,14H,1,13,15H2,2-4H3. The van der Waals surface area contributed by atoms with Crippen molar-refractivity contribution >= 4 is 39.8 Å². The number of thioether (sulfide) groups is 1. The number of aryl methyl sites for hydroxylation is 1. The minimum Gasteiger partial charge on any atom is -0.298 e. The average Bonchev–Trinajstić information content (AvgIpc) is 3.43. The second-order valence-corrected chi connectivity index (χ2v) is 9.45. The van der Waals surface area contributed by atoms with Crippen molar-refractivity contribution in [2.45, 2.75) is 38.2 Å². The quantitative estimate of drug-likeness (QED) is 0.212. The Labute approximate surface area is 206 Å². The van der Waals surface area contributed by atoms with Crippen LogP contribution < -0.4 is 4.90 Å². The summed E-state index contributed by atoms with van der Waals surface area (Å²) in [6, 6.07) is 12.4. The summed E-state index contributed by atoms with van der Waals surface area (Å²) >= 11 is 2.88. The smallest absolute Gasteiger partial charge is 0.230 e. The van der Waals surface area contributed by atoms with Gasteiger partial charge in [-0.2, -0.15) is 0 Å². The number of aromatic nitrogens is 4. The van der Waals surface area contributed by atoms with E-state index in [0.717, 1.165) is 22.5 Å². The Bertz CT molecular complexity index is 1350. The Hall–Kier alpha value is -3.30. The summed E-state index contributed by atoms with van der Waals surface area (Å²) in [5.41, 5.74) is 4.21. The van der Waals surface area contributed by atoms with E-state index >= 15 is 0 Å². The number of allylic oxidation sites excluding steroid dienone is 1. The highest BCUT2D eigenvalue weighted by atomic mass is 32.2. The molecule has 2 aromatic carbocycles. The van der Waals surface area contributed by atoms with Crippen LogP contribution in [0.25, 0.3) is 11.4 Å². The molecule has 2 aromatic heterocycles. The maximum Gasteiger partial charge on any atom is 0.230 e. The fourth-order valence-corrected chi connectivity index (χ4v) is 5.35. The lowest BCUT2D eigenvalue weighted by Gasteiger charge is -2.21. The number of hydrogen-bond donors (Lipinski definition) is 0. The highest BCUT2D eigenvalue weighted by molar-refractivity contribution is 7.98. The molecule has 4 aromatic rings. The van der Waals surface area contributed by atoms with E-state index in [2.05, 4.69) is 16.8 Å². The Balaban J connectivity index is 1.57. The molecule has 0 aliphatic heterocycles. The van der Waals surface area contributed by atoms with Gasteiger partial charge in [-0.3, -0.25) is 14.3 Å². The van der Waals surface area contributed by atoms with E-state index in [1.54, 1.807) is 36.1 Å². The topological polar surface area (TPSA) is 63.9 Å². The number of hydrogen-bond acceptors (Lipinski definition) is 6. The lowest BCUT2D eigenvalue weighted by atomic mass is 10.1. The second-order valence-electron chi connectivity index (χ2n) is 7.67. The highest BCUT2D eigenvalue weighted by Gasteiger charge is 2.21. The highest BCUT2D eigenvalue weighted by Crippen LogP contribution is 2.34. The van der Waals surface area contributed by atoms with Crippen LogP contribution >= 0.6 is 23.1 Å². The van der Waals surface area contributed by atoms with E-state index in [0.29, 0.717) is 34.0 Å². The van der Waals surface area contributed by atoms with Crippen molar-refractivity contribution in [1.29, 1.82) is 0 Å². The van der Waals surface area contributed by atoms with Gasteiger partial charge < -0.3 is 0 Å². The molecule has 0 saturated heterocycles. The van der Waals surface area contributed by atoms with Gasteiger partial charge in [-0.1, -0.05) is 42.1 Å². The average molecular weight is 494 g/mol. The number of thiazole rings is 1. The molecule has 34 heavy (non-hydrogen) atoms. The monoisotopic (exact) mass is 493 g/mol. The van der Waals surface area contributed by atoms with E-state index in [-0.39, 0.29) is 11.7 Å². The molecule has 4 rings (SSSR count). The number of anilines is 2. The molecule has 0 saturated carbocycles. The maximum atomic E-state index is 14.3. The summed E-state index contributed by atoms with van der Waals surface area (Å²) in [5.74, 6) is 0.540. The summed E-state index contributed by atoms with van der Waals surface area (Å²) < 4.78 is 16.2. The van der Waals surface area contributed by atoms with Gasteiger partial charge in [-0.25, -0.2) is 9.37 Å². The van der Waals surface area contributed by atoms with Crippen LogP contribution in [0.1, 0.15) is 23.7 Å². The van der Waals surface area contributed by atoms with Gasteiger partial charge in [0.15, 0.2) is 16.1 Å². The first-order valence-electron chi connectivity index (χ1n) is 10.6. The maximum absolute atomic E-state index is 14.3. The van der Waals surface area contributed by atoms with Gasteiger partial charge in [-0.05, 0) is 43.2 Å². The van der Waals surface area contributed by atoms with Crippen molar-refractivity contribution in [2.75, 3.05) is 4.90 Å². The summed E-state index contributed by atoms with van der Waals surface area (Å²) in [5, 5.41) is 11.7. The Morgan fingerprint density at radius 1 is 1.21 bits per heavy atom. The lowest BCUT2D eigenvalue weighted by molar-refractivity contribution is -0.115. The second kappa shape index (κ2) is 10.3. The molecule has 0 N–H and O–H groups in total. The van der Waals surface area contributed by atoms with Crippen LogP contribution in [-0.2, 0) is 17.1 Å². The van der Waals surface area contributed by atoms with E-state index in [1.807, 2.05) is 42.0 Å². The predicted octanol–water partition coefficient (Wildman–Crippen LogP) is 6.32. The van der Waals surface area contributed by atoms with Gasteiger partial charge in [0.1, 0.15) is 5.82 Å². The molecule has 0 atom stereocenters. The van der Waals surface area contributed by atoms with Crippen molar-refractivity contribution in [3.8, 4) is 11.4 Å². The van der Waals surface area contributed by atoms with Crippen molar-refractivity contribution in [3.05, 3.63) is 83.1 Å². The third-order valence-electron chi connectivity index (χ3n) is 5.36. The van der Waals surface area contributed by atoms with Gasteiger partial charge >= 0.3 is 0 Å². The fourth-order valence-electron chi connectivity index (χ4n) is 3.52. The molecule has 0 spiro atoms. The van der Waals surface area contributed by atoms with E-state index < -0.39 is 0 Å². The first-order chi connectivity index (χ1) is 16.4. The Kier molecular flexibility index (Phi) is 7.23. The number of rotatable bonds is 8. The molecule has 6 nitrogen and oxygen atoms in total. The first-order valence-corrected chi connectivity index (χ1v) is 12.5. The van der Waals surface area contributed by atoms with Gasteiger partial charge in [-0.15, -0.1) is 28.1 Å². The van der Waals surface area contributed by atoms with Crippen molar-refractivity contribution in [2.24, 2.45) is 0 Å². The molecule has 174 valence electrons. The molecule has 9 heteroatoms. The zero-order valence-corrected chi connectivity index (χ0v) is 20.8. The Morgan fingerprint density at radius 2 is 2.00 bits per heavy atom. The number of amides is 1. The van der Waals surface area contributed by atoms with Crippen LogP contribution in [0, 0.1) is 19.7 Å². The van der Waals surface area contributed by atoms with Crippen molar-refractivity contribution < 1.29 is 9.18 Å². The number of halogens is 1. The van der Waals surface area contributed by atoms with Crippen molar-refractivity contribution in [1.82, 2.24) is 19.7 Å². The van der Waals surface area contributed by atoms with Crippen LogP contribution in [0.4, 0.5) is 15.2 Å². The fraction of sp³-hybridized carbons (Fsp3) is 0.200. The third kappa shape index (κ3) is 4.80. The van der Waals surface area contributed by atoms with Crippen LogP contribution in [0.3, 0.4) is 0 Å². The summed E-state index contributed by atoms with van der Waals surface area (Å²) in [6.45, 7) is 9.83. The zero-order valence-electron chi connectivity index (χ0n) is 19.2. The predicted molar refractivity (Wildman–Crippen MR) is 136 cm³/mol. The molecule has 2 heterocycles. The van der Waals surface area contributed by atoms with Crippen molar-refractivity contribution in [3.63, 3.8) is 0 Å². The minimum absolute atomic E-state index is 0.0949. The molecular weight excluding hydrogens is 469 g/mol. The van der Waals surface area contributed by atoms with Gasteiger partial charge in [0.2, 0.25) is 5.91 Å². The Morgan fingerprint density at radius 3 is 2.74 bits per heavy atom. The molecule has 0 fully saturated rings. The first kappa shape index (κ1) is 23.8. The zero-order chi connectivity index (χ0) is 24.2.